The molecule has 128 valence electrons. The summed E-state index contributed by atoms with van der Waals surface area (Å²) in [6, 6.07) is 4.54. The van der Waals surface area contributed by atoms with Crippen LogP contribution in [0.4, 0.5) is 10.5 Å². The van der Waals surface area contributed by atoms with Gasteiger partial charge in [-0.15, -0.1) is 0 Å². The van der Waals surface area contributed by atoms with Gasteiger partial charge >= 0.3 is 6.03 Å². The molecule has 0 saturated carbocycles. The van der Waals surface area contributed by atoms with Crippen molar-refractivity contribution in [1.29, 1.82) is 0 Å². The summed E-state index contributed by atoms with van der Waals surface area (Å²) in [5, 5.41) is 3.12. The summed E-state index contributed by atoms with van der Waals surface area (Å²) < 4.78 is 0. The number of rotatable bonds is 3. The van der Waals surface area contributed by atoms with Crippen LogP contribution in [0.5, 0.6) is 0 Å². The van der Waals surface area contributed by atoms with E-state index in [-0.39, 0.29) is 6.03 Å². The molecule has 2 rings (SSSR count). The second-order valence-corrected chi connectivity index (χ2v) is 7.04. The van der Waals surface area contributed by atoms with E-state index in [2.05, 4.69) is 57.0 Å². The Bertz CT molecular complexity index is 547. The van der Waals surface area contributed by atoms with Gasteiger partial charge in [0.1, 0.15) is 0 Å². The first-order chi connectivity index (χ1) is 10.8. The van der Waals surface area contributed by atoms with E-state index in [1.54, 1.807) is 0 Å². The third-order valence-electron chi connectivity index (χ3n) is 5.12. The molecular weight excluding hydrogens is 286 g/mol. The van der Waals surface area contributed by atoms with Crippen molar-refractivity contribution in [2.75, 3.05) is 32.0 Å². The summed E-state index contributed by atoms with van der Waals surface area (Å²) in [6.45, 7) is 13.9. The van der Waals surface area contributed by atoms with E-state index < -0.39 is 0 Å². The number of nitrogens with zero attached hydrogens (tertiary/aromatic N) is 2. The Kier molecular flexibility index (Phi) is 5.69. The van der Waals surface area contributed by atoms with Crippen LogP contribution in [0.2, 0.25) is 0 Å². The first kappa shape index (κ1) is 17.8. The van der Waals surface area contributed by atoms with E-state index in [0.29, 0.717) is 12.0 Å². The second-order valence-electron chi connectivity index (χ2n) is 7.04. The number of carbonyl (C=O) groups is 1. The van der Waals surface area contributed by atoms with Gasteiger partial charge in [-0.1, -0.05) is 31.5 Å². The number of anilines is 1. The van der Waals surface area contributed by atoms with Gasteiger partial charge in [-0.25, -0.2) is 4.79 Å². The Morgan fingerprint density at radius 1 is 1.30 bits per heavy atom. The van der Waals surface area contributed by atoms with Crippen LogP contribution in [-0.2, 0) is 0 Å². The number of likely N-dealkylation sites (tertiary alicyclic amines) is 1. The van der Waals surface area contributed by atoms with Gasteiger partial charge in [0.2, 0.25) is 0 Å². The highest BCUT2D eigenvalue weighted by Gasteiger charge is 2.30. The molecule has 1 fully saturated rings. The molecule has 2 atom stereocenters. The fraction of sp³-hybridized carbons (Fsp3) is 0.632. The van der Waals surface area contributed by atoms with Crippen LogP contribution in [0.15, 0.2) is 12.1 Å². The molecule has 1 aromatic carbocycles. The van der Waals surface area contributed by atoms with Gasteiger partial charge in [0, 0.05) is 31.9 Å². The Hall–Kier alpha value is -1.55. The van der Waals surface area contributed by atoms with E-state index in [0.717, 1.165) is 42.9 Å². The molecule has 1 aromatic rings. The summed E-state index contributed by atoms with van der Waals surface area (Å²) in [5.74, 6) is 0.500. The minimum absolute atomic E-state index is 0.00171. The summed E-state index contributed by atoms with van der Waals surface area (Å²) in [5.41, 5.74) is 4.43. The van der Waals surface area contributed by atoms with Gasteiger partial charge in [0.15, 0.2) is 0 Å². The Balaban J connectivity index is 2.06. The highest BCUT2D eigenvalue weighted by atomic mass is 16.2. The third-order valence-corrected chi connectivity index (χ3v) is 5.12. The van der Waals surface area contributed by atoms with E-state index >= 15 is 0 Å². The van der Waals surface area contributed by atoms with Crippen molar-refractivity contribution in [2.24, 2.45) is 5.92 Å². The fourth-order valence-corrected chi connectivity index (χ4v) is 3.81. The number of urea groups is 1. The normalized spacial score (nSPS) is 22.0. The number of hydrogen-bond donors (Lipinski definition) is 1. The molecule has 0 aromatic heterocycles. The molecule has 0 aliphatic carbocycles. The molecule has 0 unspecified atom stereocenters. The van der Waals surface area contributed by atoms with Crippen molar-refractivity contribution in [3.63, 3.8) is 0 Å². The highest BCUT2D eigenvalue weighted by Crippen LogP contribution is 2.25. The van der Waals surface area contributed by atoms with Gasteiger partial charge in [-0.2, -0.15) is 0 Å². The van der Waals surface area contributed by atoms with Crippen molar-refractivity contribution in [2.45, 2.75) is 47.1 Å². The summed E-state index contributed by atoms with van der Waals surface area (Å²) in [7, 11) is 1.93. The van der Waals surface area contributed by atoms with Crippen LogP contribution in [0.3, 0.4) is 0 Å². The van der Waals surface area contributed by atoms with Crippen LogP contribution in [0, 0.1) is 26.7 Å². The lowest BCUT2D eigenvalue weighted by molar-refractivity contribution is 0.101. The largest absolute Gasteiger partial charge is 0.324 e. The van der Waals surface area contributed by atoms with E-state index in [1.807, 2.05) is 11.9 Å². The van der Waals surface area contributed by atoms with Crippen LogP contribution < -0.4 is 5.32 Å². The molecule has 0 bridgehead atoms. The van der Waals surface area contributed by atoms with Gasteiger partial charge in [-0.3, -0.25) is 0 Å². The third kappa shape index (κ3) is 4.05. The zero-order chi connectivity index (χ0) is 17.1. The maximum atomic E-state index is 12.7. The second kappa shape index (κ2) is 7.35. The SMILES string of the molecule is CCN1CC[C@@H](N(C)C(=O)Nc2c(C)cc(C)cc2C)[C@@H](C)C1. The lowest BCUT2D eigenvalue weighted by Gasteiger charge is -2.41. The molecule has 1 aliphatic rings. The van der Waals surface area contributed by atoms with Gasteiger partial charge < -0.3 is 15.1 Å². The predicted octanol–water partition coefficient (Wildman–Crippen LogP) is 3.81. The number of carbonyl (C=O) groups excluding carboxylic acids is 1. The number of hydrogen-bond acceptors (Lipinski definition) is 2. The Labute approximate surface area is 140 Å². The van der Waals surface area contributed by atoms with Crippen molar-refractivity contribution < 1.29 is 4.79 Å². The topological polar surface area (TPSA) is 35.6 Å². The Morgan fingerprint density at radius 2 is 1.91 bits per heavy atom. The van der Waals surface area contributed by atoms with Crippen molar-refractivity contribution in [3.05, 3.63) is 28.8 Å². The van der Waals surface area contributed by atoms with E-state index in [9.17, 15) is 4.79 Å². The number of aryl methyl sites for hydroxylation is 3. The molecule has 0 radical (unpaired) electrons. The summed E-state index contributed by atoms with van der Waals surface area (Å²) >= 11 is 0. The molecule has 23 heavy (non-hydrogen) atoms. The zero-order valence-electron chi connectivity index (χ0n) is 15.4. The van der Waals surface area contributed by atoms with Crippen LogP contribution >= 0.6 is 0 Å². The number of nitrogens with one attached hydrogen (secondary N) is 1. The highest BCUT2D eigenvalue weighted by molar-refractivity contribution is 5.91. The fourth-order valence-electron chi connectivity index (χ4n) is 3.81. The maximum absolute atomic E-state index is 12.7. The van der Waals surface area contributed by atoms with Crippen LogP contribution in [0.1, 0.15) is 37.0 Å². The smallest absolute Gasteiger partial charge is 0.321 e. The number of piperidine rings is 1. The van der Waals surface area contributed by atoms with E-state index in [4.69, 9.17) is 0 Å². The standard InChI is InChI=1S/C19H31N3O/c1-7-22-9-8-17(16(5)12-22)21(6)19(23)20-18-14(3)10-13(2)11-15(18)4/h10-11,16-17H,7-9,12H2,1-6H3,(H,20,23)/t16-,17+/m0/s1. The van der Waals surface area contributed by atoms with E-state index in [1.165, 1.54) is 5.56 Å². The average molecular weight is 317 g/mol. The first-order valence-electron chi connectivity index (χ1n) is 8.67. The lowest BCUT2D eigenvalue weighted by atomic mass is 9.93. The number of amides is 2. The molecule has 1 heterocycles. The van der Waals surface area contributed by atoms with Crippen LogP contribution in [-0.4, -0.2) is 48.6 Å². The molecule has 1 aliphatic heterocycles. The first-order valence-corrected chi connectivity index (χ1v) is 8.67. The molecule has 2 amide bonds. The monoisotopic (exact) mass is 317 g/mol. The molecule has 4 nitrogen and oxygen atoms in total. The van der Waals surface area contributed by atoms with Crippen molar-refractivity contribution in [1.82, 2.24) is 9.80 Å². The Morgan fingerprint density at radius 3 is 2.43 bits per heavy atom. The minimum atomic E-state index is 0.00171. The van der Waals surface area contributed by atoms with Crippen LogP contribution in [0.25, 0.3) is 0 Å². The molecule has 4 heteroatoms. The molecular formula is C19H31N3O. The maximum Gasteiger partial charge on any atom is 0.321 e. The van der Waals surface area contributed by atoms with Gasteiger partial charge in [0.25, 0.3) is 0 Å². The predicted molar refractivity (Wildman–Crippen MR) is 97.1 cm³/mol. The number of benzene rings is 1. The molecule has 1 saturated heterocycles. The lowest BCUT2D eigenvalue weighted by Crippen LogP contribution is -2.51. The molecule has 1 N–H and O–H groups in total. The minimum Gasteiger partial charge on any atom is -0.324 e. The summed E-state index contributed by atoms with van der Waals surface area (Å²) in [6.07, 6.45) is 1.05. The quantitative estimate of drug-likeness (QED) is 0.920. The zero-order valence-corrected chi connectivity index (χ0v) is 15.4. The average Bonchev–Trinajstić information content (AvgIpc) is 2.49. The molecule has 0 spiro atoms. The van der Waals surface area contributed by atoms with Crippen molar-refractivity contribution >= 4 is 11.7 Å². The van der Waals surface area contributed by atoms with Gasteiger partial charge in [-0.05, 0) is 50.8 Å². The summed E-state index contributed by atoms with van der Waals surface area (Å²) in [4.78, 5) is 17.1. The van der Waals surface area contributed by atoms with Crippen molar-refractivity contribution in [3.8, 4) is 0 Å². The van der Waals surface area contributed by atoms with Gasteiger partial charge in [0.05, 0.1) is 0 Å².